The molecule has 0 bridgehead atoms. The van der Waals surface area contributed by atoms with Crippen LogP contribution in [0.2, 0.25) is 0 Å². The molecule has 92 valence electrons. The normalized spacial score (nSPS) is 9.76. The Hall–Kier alpha value is -1.91. The predicted molar refractivity (Wildman–Crippen MR) is 64.1 cm³/mol. The minimum absolute atomic E-state index is 0.0124. The van der Waals surface area contributed by atoms with E-state index in [0.717, 1.165) is 11.4 Å². The summed E-state index contributed by atoms with van der Waals surface area (Å²) in [5.74, 6) is -0.344. The van der Waals surface area contributed by atoms with Gasteiger partial charge in [0.1, 0.15) is 0 Å². The second kappa shape index (κ2) is 6.62. The molecule has 2 N–H and O–H groups in total. The van der Waals surface area contributed by atoms with Gasteiger partial charge in [0, 0.05) is 12.1 Å². The van der Waals surface area contributed by atoms with Gasteiger partial charge in [-0.1, -0.05) is 13.0 Å². The summed E-state index contributed by atoms with van der Waals surface area (Å²) in [5.41, 5.74) is 1.72. The molecule has 0 unspecified atom stereocenters. The standard InChI is InChI=1S/C12H17N3O2/c1-3-11(16)14-8-12(17)13-7-10-6-4-5-9(2)15-10/h4-6H,3,7-8H2,1-2H3,(H,13,17)(H,14,16). The summed E-state index contributed by atoms with van der Waals surface area (Å²) in [4.78, 5) is 26.6. The van der Waals surface area contributed by atoms with E-state index < -0.39 is 0 Å². The maximum Gasteiger partial charge on any atom is 0.239 e. The van der Waals surface area contributed by atoms with Crippen molar-refractivity contribution in [3.05, 3.63) is 29.6 Å². The van der Waals surface area contributed by atoms with E-state index in [1.165, 1.54) is 0 Å². The third-order valence-corrected chi connectivity index (χ3v) is 2.18. The monoisotopic (exact) mass is 235 g/mol. The lowest BCUT2D eigenvalue weighted by Gasteiger charge is -2.06. The van der Waals surface area contributed by atoms with Crippen LogP contribution in [0.1, 0.15) is 24.7 Å². The van der Waals surface area contributed by atoms with Gasteiger partial charge in [0.05, 0.1) is 18.8 Å². The van der Waals surface area contributed by atoms with Crippen LogP contribution in [0.3, 0.4) is 0 Å². The third kappa shape index (κ3) is 5.10. The van der Waals surface area contributed by atoms with Crippen LogP contribution in [0.5, 0.6) is 0 Å². The number of amides is 2. The van der Waals surface area contributed by atoms with Crippen molar-refractivity contribution in [1.29, 1.82) is 0 Å². The minimum Gasteiger partial charge on any atom is -0.349 e. The van der Waals surface area contributed by atoms with Crippen LogP contribution in [0.4, 0.5) is 0 Å². The van der Waals surface area contributed by atoms with Crippen LogP contribution in [0.15, 0.2) is 18.2 Å². The number of aromatic nitrogens is 1. The summed E-state index contributed by atoms with van der Waals surface area (Å²) < 4.78 is 0. The van der Waals surface area contributed by atoms with Gasteiger partial charge in [-0.15, -0.1) is 0 Å². The Morgan fingerprint density at radius 1 is 1.24 bits per heavy atom. The quantitative estimate of drug-likeness (QED) is 0.782. The number of rotatable bonds is 5. The molecule has 0 spiro atoms. The number of nitrogens with one attached hydrogen (secondary N) is 2. The summed E-state index contributed by atoms with van der Waals surface area (Å²) in [6.07, 6.45) is 0.382. The van der Waals surface area contributed by atoms with Gasteiger partial charge in [0.2, 0.25) is 11.8 Å². The molecule has 2 amide bonds. The van der Waals surface area contributed by atoms with Crippen molar-refractivity contribution in [2.75, 3.05) is 6.54 Å². The zero-order chi connectivity index (χ0) is 12.7. The average molecular weight is 235 g/mol. The van der Waals surface area contributed by atoms with E-state index in [0.29, 0.717) is 13.0 Å². The summed E-state index contributed by atoms with van der Waals surface area (Å²) >= 11 is 0. The maximum atomic E-state index is 11.4. The molecule has 0 aliphatic heterocycles. The molecule has 0 aliphatic rings. The highest BCUT2D eigenvalue weighted by Crippen LogP contribution is 1.96. The fourth-order valence-electron chi connectivity index (χ4n) is 1.25. The first-order valence-electron chi connectivity index (χ1n) is 5.57. The molecule has 0 atom stereocenters. The van der Waals surface area contributed by atoms with Gasteiger partial charge in [0.15, 0.2) is 0 Å². The molecule has 5 nitrogen and oxygen atoms in total. The van der Waals surface area contributed by atoms with E-state index in [-0.39, 0.29) is 18.4 Å². The van der Waals surface area contributed by atoms with Gasteiger partial charge in [-0.05, 0) is 19.1 Å². The highest BCUT2D eigenvalue weighted by Gasteiger charge is 2.03. The molecule has 1 heterocycles. The van der Waals surface area contributed by atoms with Crippen LogP contribution in [-0.2, 0) is 16.1 Å². The van der Waals surface area contributed by atoms with Gasteiger partial charge in [0.25, 0.3) is 0 Å². The number of pyridine rings is 1. The Balaban J connectivity index is 2.31. The highest BCUT2D eigenvalue weighted by molar-refractivity contribution is 5.84. The van der Waals surface area contributed by atoms with Crippen molar-refractivity contribution in [3.63, 3.8) is 0 Å². The average Bonchev–Trinajstić information content (AvgIpc) is 2.33. The zero-order valence-corrected chi connectivity index (χ0v) is 10.1. The van der Waals surface area contributed by atoms with Gasteiger partial charge in [-0.3, -0.25) is 14.6 Å². The van der Waals surface area contributed by atoms with Crippen molar-refractivity contribution in [1.82, 2.24) is 15.6 Å². The molecule has 0 saturated carbocycles. The number of hydrogen-bond acceptors (Lipinski definition) is 3. The van der Waals surface area contributed by atoms with Gasteiger partial charge < -0.3 is 10.6 Å². The highest BCUT2D eigenvalue weighted by atomic mass is 16.2. The fraction of sp³-hybridized carbons (Fsp3) is 0.417. The number of hydrogen-bond donors (Lipinski definition) is 2. The lowest BCUT2D eigenvalue weighted by Crippen LogP contribution is -2.36. The van der Waals surface area contributed by atoms with Gasteiger partial charge in [-0.25, -0.2) is 0 Å². The van der Waals surface area contributed by atoms with E-state index in [9.17, 15) is 9.59 Å². The molecule has 1 rings (SSSR count). The maximum absolute atomic E-state index is 11.4. The SMILES string of the molecule is CCC(=O)NCC(=O)NCc1cccc(C)n1. The van der Waals surface area contributed by atoms with E-state index in [2.05, 4.69) is 15.6 Å². The lowest BCUT2D eigenvalue weighted by molar-refractivity contribution is -0.126. The van der Waals surface area contributed by atoms with Crippen LogP contribution in [0.25, 0.3) is 0 Å². The fourth-order valence-corrected chi connectivity index (χ4v) is 1.25. The predicted octanol–water partition coefficient (Wildman–Crippen LogP) is 0.532. The van der Waals surface area contributed by atoms with Crippen molar-refractivity contribution >= 4 is 11.8 Å². The molecular weight excluding hydrogens is 218 g/mol. The van der Waals surface area contributed by atoms with E-state index >= 15 is 0 Å². The molecule has 17 heavy (non-hydrogen) atoms. The first-order valence-corrected chi connectivity index (χ1v) is 5.57. The third-order valence-electron chi connectivity index (χ3n) is 2.18. The molecule has 1 aromatic heterocycles. The van der Waals surface area contributed by atoms with Crippen molar-refractivity contribution in [3.8, 4) is 0 Å². The molecule has 0 saturated heterocycles. The van der Waals surface area contributed by atoms with Crippen molar-refractivity contribution in [2.24, 2.45) is 0 Å². The Bertz CT molecular complexity index is 404. The molecule has 0 aromatic carbocycles. The lowest BCUT2D eigenvalue weighted by atomic mass is 10.3. The van der Waals surface area contributed by atoms with Crippen molar-refractivity contribution < 1.29 is 9.59 Å². The van der Waals surface area contributed by atoms with Crippen LogP contribution in [0, 0.1) is 6.92 Å². The smallest absolute Gasteiger partial charge is 0.239 e. The number of nitrogens with zero attached hydrogens (tertiary/aromatic N) is 1. The first kappa shape index (κ1) is 13.2. The molecular formula is C12H17N3O2. The van der Waals surface area contributed by atoms with Crippen LogP contribution < -0.4 is 10.6 Å². The Labute approximate surface area is 101 Å². The summed E-state index contributed by atoms with van der Waals surface area (Å²) in [6.45, 7) is 4.03. The van der Waals surface area contributed by atoms with Crippen LogP contribution in [-0.4, -0.2) is 23.3 Å². The number of aryl methyl sites for hydroxylation is 1. The van der Waals surface area contributed by atoms with Gasteiger partial charge in [-0.2, -0.15) is 0 Å². The Morgan fingerprint density at radius 3 is 2.65 bits per heavy atom. The van der Waals surface area contributed by atoms with E-state index in [1.807, 2.05) is 25.1 Å². The second-order valence-electron chi connectivity index (χ2n) is 3.68. The number of carbonyl (C=O) groups is 2. The van der Waals surface area contributed by atoms with E-state index in [1.54, 1.807) is 6.92 Å². The summed E-state index contributed by atoms with van der Waals surface area (Å²) in [7, 11) is 0. The molecule has 0 fully saturated rings. The van der Waals surface area contributed by atoms with Crippen LogP contribution >= 0.6 is 0 Å². The first-order chi connectivity index (χ1) is 8.11. The summed E-state index contributed by atoms with van der Waals surface area (Å²) in [6, 6.07) is 5.63. The number of carbonyl (C=O) groups excluding carboxylic acids is 2. The van der Waals surface area contributed by atoms with Gasteiger partial charge >= 0.3 is 0 Å². The zero-order valence-electron chi connectivity index (χ0n) is 10.1. The Kier molecular flexibility index (Phi) is 5.13. The largest absolute Gasteiger partial charge is 0.349 e. The second-order valence-corrected chi connectivity index (χ2v) is 3.68. The van der Waals surface area contributed by atoms with E-state index in [4.69, 9.17) is 0 Å². The topological polar surface area (TPSA) is 71.1 Å². The van der Waals surface area contributed by atoms with Crippen molar-refractivity contribution in [2.45, 2.75) is 26.8 Å². The minimum atomic E-state index is -0.213. The molecule has 1 aromatic rings. The molecule has 0 radical (unpaired) electrons. The summed E-state index contributed by atoms with van der Waals surface area (Å²) in [5, 5.41) is 5.20. The Morgan fingerprint density at radius 2 is 2.00 bits per heavy atom. The molecule has 5 heteroatoms. The molecule has 0 aliphatic carbocycles.